The molecule has 116 valence electrons. The second kappa shape index (κ2) is 7.10. The summed E-state index contributed by atoms with van der Waals surface area (Å²) in [5.74, 6) is 1.73. The summed E-state index contributed by atoms with van der Waals surface area (Å²) in [4.78, 5) is 19.2. The molecule has 2 atom stereocenters. The minimum absolute atomic E-state index is 0.170. The number of amides is 1. The van der Waals surface area contributed by atoms with Gasteiger partial charge in [-0.15, -0.1) is 0 Å². The lowest BCUT2D eigenvalue weighted by Crippen LogP contribution is -2.26. The number of nitrogens with zero attached hydrogens (tertiary/aromatic N) is 1. The molecule has 0 spiro atoms. The fourth-order valence-corrected chi connectivity index (χ4v) is 3.67. The highest BCUT2D eigenvalue weighted by Crippen LogP contribution is 2.46. The summed E-state index contributed by atoms with van der Waals surface area (Å²) in [6.07, 6.45) is 15.4. The Bertz CT molecular complexity index is 437. The zero-order chi connectivity index (χ0) is 14.5. The molecule has 2 N–H and O–H groups in total. The van der Waals surface area contributed by atoms with Gasteiger partial charge in [0.05, 0.1) is 6.33 Å². The van der Waals surface area contributed by atoms with Crippen molar-refractivity contribution in [2.45, 2.75) is 63.7 Å². The molecule has 0 unspecified atom stereocenters. The molecule has 1 heterocycles. The number of rotatable bonds is 7. The van der Waals surface area contributed by atoms with E-state index in [0.717, 1.165) is 31.0 Å². The lowest BCUT2D eigenvalue weighted by molar-refractivity contribution is -0.122. The summed E-state index contributed by atoms with van der Waals surface area (Å²) < 4.78 is 0. The van der Waals surface area contributed by atoms with Crippen molar-refractivity contribution in [2.75, 3.05) is 6.54 Å². The molecule has 2 saturated carbocycles. The van der Waals surface area contributed by atoms with Gasteiger partial charge in [-0.25, -0.2) is 4.98 Å². The first-order valence-electron chi connectivity index (χ1n) is 8.60. The average Bonchev–Trinajstić information content (AvgIpc) is 3.13. The quantitative estimate of drug-likeness (QED) is 0.756. The first kappa shape index (κ1) is 14.6. The van der Waals surface area contributed by atoms with Gasteiger partial charge in [-0.3, -0.25) is 4.79 Å². The zero-order valence-corrected chi connectivity index (χ0v) is 12.8. The van der Waals surface area contributed by atoms with Crippen LogP contribution in [0.3, 0.4) is 0 Å². The molecule has 0 aromatic carbocycles. The summed E-state index contributed by atoms with van der Waals surface area (Å²) in [5.41, 5.74) is 1.10. The lowest BCUT2D eigenvalue weighted by Gasteiger charge is -2.21. The maximum Gasteiger partial charge on any atom is 0.223 e. The molecule has 0 bridgehead atoms. The summed E-state index contributed by atoms with van der Waals surface area (Å²) in [5, 5.41) is 3.10. The summed E-state index contributed by atoms with van der Waals surface area (Å²) in [6, 6.07) is 0. The third kappa shape index (κ3) is 4.08. The highest BCUT2D eigenvalue weighted by molar-refractivity contribution is 5.82. The molecule has 1 aromatic rings. The van der Waals surface area contributed by atoms with Gasteiger partial charge in [-0.2, -0.15) is 0 Å². The van der Waals surface area contributed by atoms with Crippen LogP contribution in [-0.4, -0.2) is 22.4 Å². The van der Waals surface area contributed by atoms with Crippen molar-refractivity contribution in [3.05, 3.63) is 18.2 Å². The Hall–Kier alpha value is -1.32. The molecular weight excluding hydrogens is 262 g/mol. The number of hydrogen-bond acceptors (Lipinski definition) is 2. The Morgan fingerprint density at radius 1 is 1.29 bits per heavy atom. The molecule has 0 radical (unpaired) electrons. The van der Waals surface area contributed by atoms with E-state index < -0.39 is 0 Å². The van der Waals surface area contributed by atoms with Crippen LogP contribution in [0.4, 0.5) is 0 Å². The number of imidazole rings is 1. The van der Waals surface area contributed by atoms with Crippen molar-refractivity contribution in [3.63, 3.8) is 0 Å². The Labute approximate surface area is 127 Å². The number of carbonyl (C=O) groups is 1. The van der Waals surface area contributed by atoms with Crippen LogP contribution >= 0.6 is 0 Å². The van der Waals surface area contributed by atoms with Gasteiger partial charge in [0, 0.05) is 30.3 Å². The maximum atomic E-state index is 12.0. The fraction of sp³-hybridized carbons (Fsp3) is 0.765. The normalized spacial score (nSPS) is 25.7. The van der Waals surface area contributed by atoms with Gasteiger partial charge in [-0.1, -0.05) is 44.9 Å². The Morgan fingerprint density at radius 3 is 2.90 bits per heavy atom. The number of carbonyl (C=O) groups excluding carboxylic acids is 1. The van der Waals surface area contributed by atoms with Gasteiger partial charge in [0.25, 0.3) is 0 Å². The third-order valence-corrected chi connectivity index (χ3v) is 5.11. The average molecular weight is 289 g/mol. The minimum atomic E-state index is 0.170. The first-order chi connectivity index (χ1) is 10.3. The largest absolute Gasteiger partial charge is 0.356 e. The number of aromatic nitrogens is 2. The fourth-order valence-electron chi connectivity index (χ4n) is 3.67. The topological polar surface area (TPSA) is 57.8 Å². The van der Waals surface area contributed by atoms with Crippen molar-refractivity contribution < 1.29 is 4.79 Å². The van der Waals surface area contributed by atoms with Crippen LogP contribution in [0.2, 0.25) is 0 Å². The Kier molecular flexibility index (Phi) is 4.94. The van der Waals surface area contributed by atoms with E-state index in [1.54, 1.807) is 6.33 Å². The minimum Gasteiger partial charge on any atom is -0.356 e. The van der Waals surface area contributed by atoms with E-state index in [0.29, 0.717) is 5.92 Å². The molecule has 0 saturated heterocycles. The monoisotopic (exact) mass is 289 g/mol. The van der Waals surface area contributed by atoms with Crippen molar-refractivity contribution in [2.24, 2.45) is 11.8 Å². The second-order valence-electron chi connectivity index (χ2n) is 6.75. The maximum absolute atomic E-state index is 12.0. The van der Waals surface area contributed by atoms with E-state index in [1.165, 1.54) is 44.9 Å². The highest BCUT2D eigenvalue weighted by atomic mass is 16.2. The highest BCUT2D eigenvalue weighted by Gasteiger charge is 2.44. The van der Waals surface area contributed by atoms with Gasteiger partial charge >= 0.3 is 0 Å². The number of unbranched alkanes of at least 4 members (excludes halogenated alkanes) is 1. The second-order valence-corrected chi connectivity index (χ2v) is 6.75. The lowest BCUT2D eigenvalue weighted by atomic mass is 9.86. The zero-order valence-electron chi connectivity index (χ0n) is 12.8. The molecule has 4 heteroatoms. The van der Waals surface area contributed by atoms with Crippen LogP contribution in [0, 0.1) is 11.8 Å². The third-order valence-electron chi connectivity index (χ3n) is 5.11. The van der Waals surface area contributed by atoms with Gasteiger partial charge in [0.15, 0.2) is 0 Å². The van der Waals surface area contributed by atoms with E-state index >= 15 is 0 Å². The summed E-state index contributed by atoms with van der Waals surface area (Å²) >= 11 is 0. The van der Waals surface area contributed by atoms with Crippen molar-refractivity contribution in [3.8, 4) is 0 Å². The Balaban J connectivity index is 1.25. The SMILES string of the molecule is O=C(NCCCCC1CCCCC1)[C@H]1C[C@H]1c1cnc[nH]1. The molecule has 3 rings (SSSR count). The molecule has 2 aliphatic carbocycles. The van der Waals surface area contributed by atoms with Crippen LogP contribution in [0.1, 0.15) is 69.4 Å². The van der Waals surface area contributed by atoms with E-state index in [9.17, 15) is 4.79 Å². The Morgan fingerprint density at radius 2 is 2.14 bits per heavy atom. The molecule has 0 aliphatic heterocycles. The standard InChI is InChI=1S/C17H27N3O/c21-17(15-10-14(15)16-11-18-12-20-16)19-9-5-4-8-13-6-2-1-3-7-13/h11-15H,1-10H2,(H,18,20)(H,19,21)/t14-,15+/m1/s1. The summed E-state index contributed by atoms with van der Waals surface area (Å²) in [6.45, 7) is 0.845. The van der Waals surface area contributed by atoms with Crippen LogP contribution in [0.5, 0.6) is 0 Å². The van der Waals surface area contributed by atoms with Gasteiger partial charge in [-0.05, 0) is 18.8 Å². The van der Waals surface area contributed by atoms with E-state index in [2.05, 4.69) is 15.3 Å². The van der Waals surface area contributed by atoms with E-state index in [-0.39, 0.29) is 11.8 Å². The van der Waals surface area contributed by atoms with Gasteiger partial charge in [0.2, 0.25) is 5.91 Å². The molecule has 1 aromatic heterocycles. The molecule has 4 nitrogen and oxygen atoms in total. The number of aromatic amines is 1. The van der Waals surface area contributed by atoms with Crippen LogP contribution < -0.4 is 5.32 Å². The molecule has 2 fully saturated rings. The predicted molar refractivity (Wildman–Crippen MR) is 82.9 cm³/mol. The molecule has 21 heavy (non-hydrogen) atoms. The van der Waals surface area contributed by atoms with Crippen molar-refractivity contribution in [1.29, 1.82) is 0 Å². The van der Waals surface area contributed by atoms with Crippen molar-refractivity contribution >= 4 is 5.91 Å². The van der Waals surface area contributed by atoms with Gasteiger partial charge < -0.3 is 10.3 Å². The molecule has 1 amide bonds. The number of nitrogens with one attached hydrogen (secondary N) is 2. The van der Waals surface area contributed by atoms with E-state index in [1.807, 2.05) is 6.20 Å². The van der Waals surface area contributed by atoms with E-state index in [4.69, 9.17) is 0 Å². The number of hydrogen-bond donors (Lipinski definition) is 2. The molecule has 2 aliphatic rings. The smallest absolute Gasteiger partial charge is 0.223 e. The van der Waals surface area contributed by atoms with Crippen LogP contribution in [0.15, 0.2) is 12.5 Å². The molecular formula is C17H27N3O. The van der Waals surface area contributed by atoms with Crippen molar-refractivity contribution in [1.82, 2.24) is 15.3 Å². The van der Waals surface area contributed by atoms with Crippen LogP contribution in [-0.2, 0) is 4.79 Å². The van der Waals surface area contributed by atoms with Crippen LogP contribution in [0.25, 0.3) is 0 Å². The number of H-pyrrole nitrogens is 1. The summed E-state index contributed by atoms with van der Waals surface area (Å²) in [7, 11) is 0. The first-order valence-corrected chi connectivity index (χ1v) is 8.60. The predicted octanol–water partition coefficient (Wildman–Crippen LogP) is 3.38. The van der Waals surface area contributed by atoms with Gasteiger partial charge in [0.1, 0.15) is 0 Å².